The Morgan fingerprint density at radius 3 is 2.52 bits per heavy atom. The van der Waals surface area contributed by atoms with Gasteiger partial charge in [0.25, 0.3) is 5.91 Å². The number of pyridine rings is 1. The summed E-state index contributed by atoms with van der Waals surface area (Å²) in [5.41, 5.74) is 1.49. The molecule has 29 heavy (non-hydrogen) atoms. The molecule has 0 radical (unpaired) electrons. The molecule has 1 saturated carbocycles. The maximum absolute atomic E-state index is 12.2. The Bertz CT molecular complexity index is 865. The van der Waals surface area contributed by atoms with E-state index in [1.807, 2.05) is 19.1 Å². The quantitative estimate of drug-likeness (QED) is 0.673. The molecule has 2 amide bonds. The lowest BCUT2D eigenvalue weighted by molar-refractivity contribution is -0.123. The zero-order valence-corrected chi connectivity index (χ0v) is 16.7. The van der Waals surface area contributed by atoms with E-state index in [1.54, 1.807) is 32.4 Å². The summed E-state index contributed by atoms with van der Waals surface area (Å²) in [6.45, 7) is 1.70. The molecule has 2 N–H and O–H groups in total. The number of anilines is 1. The van der Waals surface area contributed by atoms with Crippen molar-refractivity contribution in [1.29, 1.82) is 0 Å². The van der Waals surface area contributed by atoms with Gasteiger partial charge in [0.1, 0.15) is 0 Å². The number of hydrogen-bond acceptors (Lipinski definition) is 6. The van der Waals surface area contributed by atoms with Crippen LogP contribution in [0.1, 0.15) is 31.4 Å². The lowest BCUT2D eigenvalue weighted by Gasteiger charge is -2.16. The summed E-state index contributed by atoms with van der Waals surface area (Å²) in [5.74, 6) is 1.40. The fourth-order valence-electron chi connectivity index (χ4n) is 2.76. The first-order valence-electron chi connectivity index (χ1n) is 9.41. The van der Waals surface area contributed by atoms with Crippen LogP contribution in [-0.2, 0) is 9.59 Å². The average Bonchev–Trinajstić information content (AvgIpc) is 3.58. The Hall–Kier alpha value is -3.29. The molecular formula is C21H25N3O5. The second-order valence-corrected chi connectivity index (χ2v) is 6.84. The van der Waals surface area contributed by atoms with Crippen molar-refractivity contribution in [2.45, 2.75) is 25.8 Å². The number of ether oxygens (including phenoxy) is 3. The Morgan fingerprint density at radius 2 is 1.90 bits per heavy atom. The second-order valence-electron chi connectivity index (χ2n) is 6.84. The van der Waals surface area contributed by atoms with Crippen LogP contribution >= 0.6 is 0 Å². The molecule has 1 heterocycles. The SMILES string of the molecule is COc1ccc([C@@H](C)NC(=O)COc2ccc(NC(=O)C3CC3)cn2)cc1OC. The van der Waals surface area contributed by atoms with Gasteiger partial charge in [0.15, 0.2) is 18.1 Å². The number of carbonyl (C=O) groups excluding carboxylic acids is 2. The van der Waals surface area contributed by atoms with Gasteiger partial charge in [0.2, 0.25) is 11.8 Å². The minimum absolute atomic E-state index is 0.0176. The maximum atomic E-state index is 12.2. The molecule has 0 unspecified atom stereocenters. The number of hydrogen-bond donors (Lipinski definition) is 2. The average molecular weight is 399 g/mol. The summed E-state index contributed by atoms with van der Waals surface area (Å²) in [6.07, 6.45) is 3.40. The Kier molecular flexibility index (Phi) is 6.54. The molecule has 3 rings (SSSR count). The topological polar surface area (TPSA) is 98.8 Å². The number of amides is 2. The fourth-order valence-corrected chi connectivity index (χ4v) is 2.76. The number of rotatable bonds is 9. The largest absolute Gasteiger partial charge is 0.493 e. The lowest BCUT2D eigenvalue weighted by atomic mass is 10.1. The second kappa shape index (κ2) is 9.27. The Labute approximate surface area is 169 Å². The highest BCUT2D eigenvalue weighted by atomic mass is 16.5. The molecule has 0 spiro atoms. The highest BCUT2D eigenvalue weighted by molar-refractivity contribution is 5.93. The Morgan fingerprint density at radius 1 is 1.14 bits per heavy atom. The normalized spacial score (nSPS) is 13.9. The first kappa shape index (κ1) is 20.4. The molecule has 8 heteroatoms. The third kappa shape index (κ3) is 5.60. The standard InChI is InChI=1S/C21H25N3O5/c1-13(15-6-8-17(27-2)18(10-15)28-3)23-19(25)12-29-20-9-7-16(11-22-20)24-21(26)14-4-5-14/h6-11,13-14H,4-5,12H2,1-3H3,(H,23,25)(H,24,26)/t13-/m1/s1. The molecule has 1 aliphatic rings. The molecule has 0 saturated heterocycles. The van der Waals surface area contributed by atoms with Crippen LogP contribution in [-0.4, -0.2) is 37.6 Å². The first-order valence-corrected chi connectivity index (χ1v) is 9.41. The Balaban J connectivity index is 1.48. The number of methoxy groups -OCH3 is 2. The monoisotopic (exact) mass is 399 g/mol. The van der Waals surface area contributed by atoms with Crippen LogP contribution in [0.2, 0.25) is 0 Å². The van der Waals surface area contributed by atoms with Gasteiger partial charge in [0.05, 0.1) is 32.1 Å². The van der Waals surface area contributed by atoms with Crippen molar-refractivity contribution in [2.24, 2.45) is 5.92 Å². The van der Waals surface area contributed by atoms with E-state index in [0.29, 0.717) is 23.1 Å². The number of carbonyl (C=O) groups is 2. The van der Waals surface area contributed by atoms with Gasteiger partial charge in [-0.1, -0.05) is 6.07 Å². The highest BCUT2D eigenvalue weighted by Gasteiger charge is 2.29. The molecule has 1 aromatic carbocycles. The van der Waals surface area contributed by atoms with E-state index in [1.165, 1.54) is 6.20 Å². The molecule has 0 bridgehead atoms. The lowest BCUT2D eigenvalue weighted by Crippen LogP contribution is -2.31. The minimum Gasteiger partial charge on any atom is -0.493 e. The molecule has 8 nitrogen and oxygen atoms in total. The van der Waals surface area contributed by atoms with E-state index < -0.39 is 0 Å². The van der Waals surface area contributed by atoms with Gasteiger partial charge >= 0.3 is 0 Å². The van der Waals surface area contributed by atoms with Crippen LogP contribution < -0.4 is 24.8 Å². The van der Waals surface area contributed by atoms with E-state index >= 15 is 0 Å². The van der Waals surface area contributed by atoms with Gasteiger partial charge in [-0.15, -0.1) is 0 Å². The van der Waals surface area contributed by atoms with E-state index in [2.05, 4.69) is 15.6 Å². The summed E-state index contributed by atoms with van der Waals surface area (Å²) in [6, 6.07) is 8.56. The maximum Gasteiger partial charge on any atom is 0.258 e. The van der Waals surface area contributed by atoms with Gasteiger partial charge in [-0.2, -0.15) is 0 Å². The summed E-state index contributed by atoms with van der Waals surface area (Å²) >= 11 is 0. The van der Waals surface area contributed by atoms with Crippen LogP contribution in [0.4, 0.5) is 5.69 Å². The smallest absolute Gasteiger partial charge is 0.258 e. The van der Waals surface area contributed by atoms with Gasteiger partial charge < -0.3 is 24.8 Å². The van der Waals surface area contributed by atoms with Crippen molar-refractivity contribution in [3.05, 3.63) is 42.1 Å². The molecule has 1 atom stereocenters. The summed E-state index contributed by atoms with van der Waals surface area (Å²) in [5, 5.41) is 5.67. The zero-order chi connectivity index (χ0) is 20.8. The molecule has 1 aromatic heterocycles. The summed E-state index contributed by atoms with van der Waals surface area (Å²) in [4.78, 5) is 28.0. The molecule has 2 aromatic rings. The minimum atomic E-state index is -0.278. The van der Waals surface area contributed by atoms with Gasteiger partial charge in [0, 0.05) is 12.0 Å². The number of nitrogens with one attached hydrogen (secondary N) is 2. The molecule has 154 valence electrons. The molecular weight excluding hydrogens is 374 g/mol. The van der Waals surface area contributed by atoms with Crippen LogP contribution in [0.25, 0.3) is 0 Å². The molecule has 1 aliphatic carbocycles. The van der Waals surface area contributed by atoms with Crippen molar-refractivity contribution >= 4 is 17.5 Å². The van der Waals surface area contributed by atoms with Crippen LogP contribution in [0, 0.1) is 5.92 Å². The first-order chi connectivity index (χ1) is 14.0. The fraction of sp³-hybridized carbons (Fsp3) is 0.381. The van der Waals surface area contributed by atoms with Crippen molar-refractivity contribution in [3.8, 4) is 17.4 Å². The van der Waals surface area contributed by atoms with Crippen molar-refractivity contribution in [1.82, 2.24) is 10.3 Å². The number of nitrogens with zero attached hydrogens (tertiary/aromatic N) is 1. The van der Waals surface area contributed by atoms with E-state index in [9.17, 15) is 9.59 Å². The predicted octanol–water partition coefficient (Wildman–Crippen LogP) is 2.70. The van der Waals surface area contributed by atoms with E-state index in [-0.39, 0.29) is 30.4 Å². The van der Waals surface area contributed by atoms with Crippen LogP contribution in [0.15, 0.2) is 36.5 Å². The van der Waals surface area contributed by atoms with E-state index in [4.69, 9.17) is 14.2 Å². The van der Waals surface area contributed by atoms with Crippen molar-refractivity contribution in [3.63, 3.8) is 0 Å². The molecule has 1 fully saturated rings. The summed E-state index contributed by atoms with van der Waals surface area (Å²) < 4.78 is 15.9. The van der Waals surface area contributed by atoms with Crippen molar-refractivity contribution < 1.29 is 23.8 Å². The van der Waals surface area contributed by atoms with Gasteiger partial charge in [-0.3, -0.25) is 9.59 Å². The van der Waals surface area contributed by atoms with Crippen LogP contribution in [0.5, 0.6) is 17.4 Å². The third-order valence-electron chi connectivity index (χ3n) is 4.59. The van der Waals surface area contributed by atoms with Gasteiger partial charge in [-0.05, 0) is 43.5 Å². The molecule has 0 aliphatic heterocycles. The van der Waals surface area contributed by atoms with E-state index in [0.717, 1.165) is 18.4 Å². The third-order valence-corrected chi connectivity index (χ3v) is 4.59. The van der Waals surface area contributed by atoms with Crippen LogP contribution in [0.3, 0.4) is 0 Å². The highest BCUT2D eigenvalue weighted by Crippen LogP contribution is 2.30. The van der Waals surface area contributed by atoms with Crippen molar-refractivity contribution in [2.75, 3.05) is 26.1 Å². The zero-order valence-electron chi connectivity index (χ0n) is 16.7. The number of benzene rings is 1. The number of aromatic nitrogens is 1. The predicted molar refractivity (Wildman–Crippen MR) is 107 cm³/mol. The summed E-state index contributed by atoms with van der Waals surface area (Å²) in [7, 11) is 3.13. The van der Waals surface area contributed by atoms with Gasteiger partial charge in [-0.25, -0.2) is 4.98 Å².